The van der Waals surface area contributed by atoms with Crippen molar-refractivity contribution in [3.8, 4) is 0 Å². The lowest BCUT2D eigenvalue weighted by atomic mass is 10.1. The van der Waals surface area contributed by atoms with Crippen LogP contribution >= 0.6 is 0 Å². The van der Waals surface area contributed by atoms with Gasteiger partial charge in [0, 0.05) is 25.2 Å². The first kappa shape index (κ1) is 16.0. The number of benzene rings is 1. The lowest BCUT2D eigenvalue weighted by molar-refractivity contribution is -0.116. The van der Waals surface area contributed by atoms with E-state index in [1.807, 2.05) is 24.3 Å². The largest absolute Gasteiger partial charge is 0.326 e. The van der Waals surface area contributed by atoms with Crippen molar-refractivity contribution < 1.29 is 4.79 Å². The number of para-hydroxylation sites is 1. The molecule has 3 N–H and O–H groups in total. The van der Waals surface area contributed by atoms with Crippen molar-refractivity contribution in [2.75, 3.05) is 25.0 Å². The third kappa shape index (κ3) is 5.48. The second-order valence-electron chi connectivity index (χ2n) is 5.85. The molecule has 0 saturated heterocycles. The Balaban J connectivity index is 1.71. The summed E-state index contributed by atoms with van der Waals surface area (Å²) in [4.78, 5) is 14.5. The van der Waals surface area contributed by atoms with Crippen LogP contribution in [0.3, 0.4) is 0 Å². The van der Waals surface area contributed by atoms with Gasteiger partial charge in [-0.25, -0.2) is 0 Å². The van der Waals surface area contributed by atoms with Crippen LogP contribution in [0.4, 0.5) is 5.69 Å². The van der Waals surface area contributed by atoms with E-state index >= 15 is 0 Å². The molecule has 0 bridgehead atoms. The van der Waals surface area contributed by atoms with Crippen molar-refractivity contribution in [3.63, 3.8) is 0 Å². The summed E-state index contributed by atoms with van der Waals surface area (Å²) < 4.78 is 0. The van der Waals surface area contributed by atoms with Gasteiger partial charge >= 0.3 is 0 Å². The van der Waals surface area contributed by atoms with Crippen LogP contribution in [0.1, 0.15) is 38.2 Å². The summed E-state index contributed by atoms with van der Waals surface area (Å²) in [5.41, 5.74) is 7.50. The van der Waals surface area contributed by atoms with Gasteiger partial charge in [-0.1, -0.05) is 25.1 Å². The smallest absolute Gasteiger partial charge is 0.224 e. The van der Waals surface area contributed by atoms with Gasteiger partial charge in [0.2, 0.25) is 5.91 Å². The normalized spacial score (nSPS) is 14.4. The Hall–Kier alpha value is -1.39. The van der Waals surface area contributed by atoms with Gasteiger partial charge in [0.25, 0.3) is 0 Å². The van der Waals surface area contributed by atoms with Crippen LogP contribution in [-0.4, -0.2) is 30.4 Å². The van der Waals surface area contributed by atoms with Crippen LogP contribution in [-0.2, 0) is 11.3 Å². The molecule has 2 rings (SSSR count). The minimum Gasteiger partial charge on any atom is -0.326 e. The Bertz CT molecular complexity index is 457. The fourth-order valence-electron chi connectivity index (χ4n) is 2.54. The quantitative estimate of drug-likeness (QED) is 0.734. The Labute approximate surface area is 127 Å². The fraction of sp³-hybridized carbons (Fsp3) is 0.588. The molecule has 1 saturated carbocycles. The highest BCUT2D eigenvalue weighted by Crippen LogP contribution is 2.29. The van der Waals surface area contributed by atoms with E-state index < -0.39 is 0 Å². The average Bonchev–Trinajstić information content (AvgIpc) is 3.30. The number of carbonyl (C=O) groups is 1. The van der Waals surface area contributed by atoms with E-state index in [4.69, 9.17) is 5.73 Å². The molecule has 21 heavy (non-hydrogen) atoms. The minimum atomic E-state index is 0.0818. The summed E-state index contributed by atoms with van der Waals surface area (Å²) in [5.74, 6) is 0.994. The van der Waals surface area contributed by atoms with Crippen LogP contribution in [0, 0.1) is 5.92 Å². The summed E-state index contributed by atoms with van der Waals surface area (Å²) in [6, 6.07) is 7.72. The molecule has 1 aliphatic rings. The maximum Gasteiger partial charge on any atom is 0.224 e. The van der Waals surface area contributed by atoms with Crippen LogP contribution in [0.2, 0.25) is 0 Å². The maximum absolute atomic E-state index is 12.0. The van der Waals surface area contributed by atoms with E-state index in [1.54, 1.807) is 0 Å². The van der Waals surface area contributed by atoms with Crippen molar-refractivity contribution >= 4 is 11.6 Å². The molecule has 1 fully saturated rings. The third-order valence-electron chi connectivity index (χ3n) is 4.05. The van der Waals surface area contributed by atoms with Gasteiger partial charge in [-0.05, 0) is 49.9 Å². The fourth-order valence-corrected chi connectivity index (χ4v) is 2.54. The molecule has 0 aromatic heterocycles. The van der Waals surface area contributed by atoms with Crippen molar-refractivity contribution in [1.29, 1.82) is 0 Å². The number of nitrogens with zero attached hydrogens (tertiary/aromatic N) is 1. The number of hydrogen-bond donors (Lipinski definition) is 2. The number of anilines is 1. The molecule has 1 amide bonds. The average molecular weight is 289 g/mol. The van der Waals surface area contributed by atoms with Crippen molar-refractivity contribution in [2.24, 2.45) is 11.7 Å². The van der Waals surface area contributed by atoms with E-state index in [1.165, 1.54) is 19.4 Å². The van der Waals surface area contributed by atoms with Crippen molar-refractivity contribution in [1.82, 2.24) is 4.90 Å². The van der Waals surface area contributed by atoms with Crippen LogP contribution in [0.15, 0.2) is 24.3 Å². The molecule has 1 aromatic carbocycles. The van der Waals surface area contributed by atoms with E-state index in [-0.39, 0.29) is 5.91 Å². The van der Waals surface area contributed by atoms with Gasteiger partial charge in [0.15, 0.2) is 0 Å². The van der Waals surface area contributed by atoms with E-state index in [0.29, 0.717) is 13.0 Å². The summed E-state index contributed by atoms with van der Waals surface area (Å²) in [5, 5.41) is 2.97. The highest BCUT2D eigenvalue weighted by Gasteiger charge is 2.23. The first-order valence-corrected chi connectivity index (χ1v) is 8.03. The first-order valence-electron chi connectivity index (χ1n) is 8.03. The Morgan fingerprint density at radius 1 is 1.38 bits per heavy atom. The van der Waals surface area contributed by atoms with E-state index in [9.17, 15) is 4.79 Å². The molecule has 116 valence electrons. The molecular weight excluding hydrogens is 262 g/mol. The van der Waals surface area contributed by atoms with Crippen LogP contribution in [0.25, 0.3) is 0 Å². The monoisotopic (exact) mass is 289 g/mol. The van der Waals surface area contributed by atoms with E-state index in [2.05, 4.69) is 17.1 Å². The van der Waals surface area contributed by atoms with Gasteiger partial charge in [-0.15, -0.1) is 0 Å². The number of rotatable bonds is 9. The number of hydrogen-bond acceptors (Lipinski definition) is 3. The number of nitrogens with two attached hydrogens (primary N) is 1. The summed E-state index contributed by atoms with van der Waals surface area (Å²) in [6.07, 6.45) is 4.25. The van der Waals surface area contributed by atoms with Crippen LogP contribution < -0.4 is 11.1 Å². The lowest BCUT2D eigenvalue weighted by Crippen LogP contribution is -2.27. The molecule has 1 aromatic rings. The second-order valence-corrected chi connectivity index (χ2v) is 5.85. The molecule has 0 aliphatic heterocycles. The number of amides is 1. The SMILES string of the molecule is CCN(CCCC(=O)Nc1ccccc1CN)CC1CC1. The Morgan fingerprint density at radius 3 is 2.81 bits per heavy atom. The number of nitrogens with one attached hydrogen (secondary N) is 1. The summed E-state index contributed by atoms with van der Waals surface area (Å²) in [7, 11) is 0. The van der Waals surface area contributed by atoms with Gasteiger partial charge in [0.1, 0.15) is 0 Å². The van der Waals surface area contributed by atoms with Crippen LogP contribution in [0.5, 0.6) is 0 Å². The predicted molar refractivity (Wildman–Crippen MR) is 87.0 cm³/mol. The van der Waals surface area contributed by atoms with Gasteiger partial charge < -0.3 is 16.0 Å². The predicted octanol–water partition coefficient (Wildman–Crippen LogP) is 2.60. The zero-order chi connectivity index (χ0) is 15.1. The molecule has 0 heterocycles. The molecule has 0 spiro atoms. The highest BCUT2D eigenvalue weighted by atomic mass is 16.1. The Kier molecular flexibility index (Phi) is 6.21. The molecule has 0 unspecified atom stereocenters. The number of carbonyl (C=O) groups excluding carboxylic acids is 1. The van der Waals surface area contributed by atoms with Crippen molar-refractivity contribution in [2.45, 2.75) is 39.2 Å². The standard InChI is InChI=1S/C17H27N3O/c1-2-20(13-14-9-10-14)11-5-8-17(21)19-16-7-4-3-6-15(16)12-18/h3-4,6-7,14H,2,5,8-13,18H2,1H3,(H,19,21). The first-order chi connectivity index (χ1) is 10.2. The molecule has 0 atom stereocenters. The minimum absolute atomic E-state index is 0.0818. The van der Waals surface area contributed by atoms with Gasteiger partial charge in [-0.2, -0.15) is 0 Å². The van der Waals surface area contributed by atoms with Crippen molar-refractivity contribution in [3.05, 3.63) is 29.8 Å². The summed E-state index contributed by atoms with van der Waals surface area (Å²) in [6.45, 7) is 5.93. The molecule has 4 nitrogen and oxygen atoms in total. The summed E-state index contributed by atoms with van der Waals surface area (Å²) >= 11 is 0. The van der Waals surface area contributed by atoms with E-state index in [0.717, 1.165) is 36.7 Å². The topological polar surface area (TPSA) is 58.4 Å². The third-order valence-corrected chi connectivity index (χ3v) is 4.05. The molecular formula is C17H27N3O. The molecule has 1 aliphatic carbocycles. The highest BCUT2D eigenvalue weighted by molar-refractivity contribution is 5.91. The van der Waals surface area contributed by atoms with Gasteiger partial charge in [0.05, 0.1) is 0 Å². The lowest BCUT2D eigenvalue weighted by Gasteiger charge is -2.19. The zero-order valence-electron chi connectivity index (χ0n) is 13.0. The molecule has 4 heteroatoms. The second kappa shape index (κ2) is 8.15. The van der Waals surface area contributed by atoms with Gasteiger partial charge in [-0.3, -0.25) is 4.79 Å². The molecule has 0 radical (unpaired) electrons. The zero-order valence-corrected chi connectivity index (χ0v) is 13.0. The maximum atomic E-state index is 12.0. The Morgan fingerprint density at radius 2 is 2.14 bits per heavy atom.